The van der Waals surface area contributed by atoms with Crippen molar-refractivity contribution in [2.75, 3.05) is 19.0 Å². The third-order valence-electron chi connectivity index (χ3n) is 3.83. The Morgan fingerprint density at radius 3 is 2.56 bits per heavy atom. The third kappa shape index (κ3) is 4.41. The first kappa shape index (κ1) is 19.6. The molecule has 0 aliphatic heterocycles. The molecule has 3 rings (SSSR count). The zero-order valence-electron chi connectivity index (χ0n) is 14.5. The molecule has 0 spiro atoms. The number of carboxylic acids is 1. The Morgan fingerprint density at radius 1 is 1.30 bits per heavy atom. The number of H-pyrrole nitrogens is 1. The first-order valence-electron chi connectivity index (χ1n) is 7.94. The summed E-state index contributed by atoms with van der Waals surface area (Å²) in [5.41, 5.74) is 2.19. The average Bonchev–Trinajstić information content (AvgIpc) is 3.01. The summed E-state index contributed by atoms with van der Waals surface area (Å²) in [7, 11) is 3.80. The number of rotatable bonds is 6. The number of hydrogen-bond donors (Lipinski definition) is 2. The minimum atomic E-state index is -1.95. The molecule has 1 heterocycles. The van der Waals surface area contributed by atoms with Gasteiger partial charge < -0.3 is 19.7 Å². The summed E-state index contributed by atoms with van der Waals surface area (Å²) < 4.78 is 20.6. The van der Waals surface area contributed by atoms with Crippen LogP contribution >= 0.6 is 31.9 Å². The molecule has 1 aromatic heterocycles. The first-order valence-corrected chi connectivity index (χ1v) is 9.53. The number of benzene rings is 2. The van der Waals surface area contributed by atoms with E-state index < -0.39 is 12.1 Å². The Kier molecular flexibility index (Phi) is 5.71. The van der Waals surface area contributed by atoms with Crippen LogP contribution in [0, 0.1) is 0 Å². The maximum Gasteiger partial charge on any atom is 0.338 e. The van der Waals surface area contributed by atoms with Gasteiger partial charge in [0.1, 0.15) is 5.75 Å². The molecule has 27 heavy (non-hydrogen) atoms. The van der Waals surface area contributed by atoms with Crippen molar-refractivity contribution < 1.29 is 19.0 Å². The summed E-state index contributed by atoms with van der Waals surface area (Å²) in [5, 5.41) is 8.72. The molecule has 3 aromatic rings. The second-order valence-corrected chi connectivity index (χ2v) is 7.84. The lowest BCUT2D eigenvalue weighted by atomic mass is 10.1. The Bertz CT molecular complexity index is 984. The van der Waals surface area contributed by atoms with Crippen molar-refractivity contribution in [1.82, 2.24) is 9.97 Å². The Morgan fingerprint density at radius 2 is 1.96 bits per heavy atom. The number of imidazole rings is 1. The van der Waals surface area contributed by atoms with E-state index in [9.17, 15) is 9.18 Å². The third-order valence-corrected chi connectivity index (χ3v) is 5.00. The molecule has 1 atom stereocenters. The summed E-state index contributed by atoms with van der Waals surface area (Å²) in [6.07, 6.45) is -2.18. The highest BCUT2D eigenvalue weighted by Crippen LogP contribution is 2.38. The molecule has 0 bridgehead atoms. The maximum atomic E-state index is 13.5. The molecule has 0 aliphatic carbocycles. The molecule has 0 saturated heterocycles. The fraction of sp³-hybridized carbons (Fsp3) is 0.222. The molecule has 0 amide bonds. The predicted molar refractivity (Wildman–Crippen MR) is 109 cm³/mol. The van der Waals surface area contributed by atoms with Gasteiger partial charge in [0, 0.05) is 26.6 Å². The van der Waals surface area contributed by atoms with Crippen LogP contribution in [0.1, 0.15) is 5.56 Å². The highest BCUT2D eigenvalue weighted by molar-refractivity contribution is 9.11. The minimum absolute atomic E-state index is 0.222. The van der Waals surface area contributed by atoms with Gasteiger partial charge in [-0.2, -0.15) is 0 Å². The number of fused-ring (bicyclic) bond motifs is 1. The van der Waals surface area contributed by atoms with Crippen LogP contribution < -0.4 is 9.64 Å². The molecule has 0 fully saturated rings. The van der Waals surface area contributed by atoms with Gasteiger partial charge in [-0.05, 0) is 61.7 Å². The summed E-state index contributed by atoms with van der Waals surface area (Å²) in [6, 6.07) is 8.79. The van der Waals surface area contributed by atoms with E-state index >= 15 is 0 Å². The largest absolute Gasteiger partial charge is 0.479 e. The lowest BCUT2D eigenvalue weighted by Crippen LogP contribution is -2.17. The van der Waals surface area contributed by atoms with Crippen LogP contribution in [0.5, 0.6) is 11.5 Å². The number of carbonyl (C=O) groups is 1. The number of nitrogens with zero attached hydrogens (tertiary/aromatic N) is 2. The summed E-state index contributed by atoms with van der Waals surface area (Å²) in [4.78, 5) is 20.2. The van der Waals surface area contributed by atoms with Gasteiger partial charge in [-0.1, -0.05) is 0 Å². The van der Waals surface area contributed by atoms with Crippen LogP contribution in [0.3, 0.4) is 0 Å². The molecular weight excluding hydrogens is 485 g/mol. The van der Waals surface area contributed by atoms with E-state index in [-0.39, 0.29) is 6.42 Å². The molecule has 9 heteroatoms. The van der Waals surface area contributed by atoms with Crippen molar-refractivity contribution in [2.45, 2.75) is 12.6 Å². The zero-order chi connectivity index (χ0) is 19.7. The molecule has 2 N–H and O–H groups in total. The van der Waals surface area contributed by atoms with Gasteiger partial charge in [0.25, 0.3) is 0 Å². The standard InChI is InChI=1S/C18H16Br2FN3O3/c1-24(2)18-22-14-4-3-10(8-15(14)23-18)27-16-11(19)5-9(6-12(16)20)7-13(21)17(25)26/h3-6,8,13H,7H2,1-2H3,(H,22,23)(H,25,26). The number of alkyl halides is 1. The topological polar surface area (TPSA) is 78.5 Å². The van der Waals surface area contributed by atoms with Gasteiger partial charge in [-0.25, -0.2) is 14.2 Å². The number of aromatic nitrogens is 2. The number of ether oxygens (including phenoxy) is 1. The number of anilines is 1. The Labute approximate surface area is 171 Å². The molecule has 0 aliphatic rings. The van der Waals surface area contributed by atoms with Crippen LogP contribution in [0.15, 0.2) is 39.3 Å². The van der Waals surface area contributed by atoms with Crippen LogP contribution in [0.25, 0.3) is 11.0 Å². The fourth-order valence-corrected chi connectivity index (χ4v) is 3.93. The molecule has 2 aromatic carbocycles. The minimum Gasteiger partial charge on any atom is -0.479 e. The van der Waals surface area contributed by atoms with Crippen LogP contribution in [0.4, 0.5) is 10.3 Å². The summed E-state index contributed by atoms with van der Waals surface area (Å²) in [5.74, 6) is 0.372. The highest BCUT2D eigenvalue weighted by atomic mass is 79.9. The van der Waals surface area contributed by atoms with Crippen LogP contribution in [-0.2, 0) is 11.2 Å². The summed E-state index contributed by atoms with van der Waals surface area (Å²) >= 11 is 6.81. The van der Waals surface area contributed by atoms with Gasteiger partial charge in [0.15, 0.2) is 5.75 Å². The lowest BCUT2D eigenvalue weighted by molar-refractivity contribution is -0.142. The van der Waals surface area contributed by atoms with Crippen molar-refractivity contribution >= 4 is 54.8 Å². The van der Waals surface area contributed by atoms with E-state index in [1.807, 2.05) is 31.1 Å². The molecule has 1 unspecified atom stereocenters. The second kappa shape index (κ2) is 7.85. The SMILES string of the molecule is CN(C)c1nc2ccc(Oc3c(Br)cc(CC(F)C(=O)O)cc3Br)cc2[nH]1. The normalized spacial score (nSPS) is 12.2. The van der Waals surface area contributed by atoms with Crippen molar-refractivity contribution in [3.8, 4) is 11.5 Å². The number of aliphatic carboxylic acids is 1. The number of carboxylic acid groups (broad SMARTS) is 1. The highest BCUT2D eigenvalue weighted by Gasteiger charge is 2.19. The van der Waals surface area contributed by atoms with E-state index in [2.05, 4.69) is 41.8 Å². The van der Waals surface area contributed by atoms with Crippen molar-refractivity contribution in [1.29, 1.82) is 0 Å². The van der Waals surface area contributed by atoms with Crippen LogP contribution in [0.2, 0.25) is 0 Å². The lowest BCUT2D eigenvalue weighted by Gasteiger charge is -2.12. The number of hydrogen-bond acceptors (Lipinski definition) is 4. The number of aromatic amines is 1. The number of nitrogens with one attached hydrogen (secondary N) is 1. The summed E-state index contributed by atoms with van der Waals surface area (Å²) in [6.45, 7) is 0. The van der Waals surface area contributed by atoms with E-state index in [1.165, 1.54) is 0 Å². The fourth-order valence-electron chi connectivity index (χ4n) is 2.49. The monoisotopic (exact) mass is 499 g/mol. The Hall–Kier alpha value is -2.13. The van der Waals surface area contributed by atoms with E-state index in [0.717, 1.165) is 17.0 Å². The van der Waals surface area contributed by atoms with Gasteiger partial charge >= 0.3 is 5.97 Å². The second-order valence-electron chi connectivity index (χ2n) is 6.13. The molecule has 142 valence electrons. The van der Waals surface area contributed by atoms with E-state index in [0.29, 0.717) is 26.0 Å². The van der Waals surface area contributed by atoms with Crippen molar-refractivity contribution in [3.63, 3.8) is 0 Å². The molecule has 0 saturated carbocycles. The van der Waals surface area contributed by atoms with Crippen molar-refractivity contribution in [3.05, 3.63) is 44.8 Å². The zero-order valence-corrected chi connectivity index (χ0v) is 17.6. The molecule has 6 nitrogen and oxygen atoms in total. The quantitative estimate of drug-likeness (QED) is 0.502. The van der Waals surface area contributed by atoms with Gasteiger partial charge in [-0.3, -0.25) is 0 Å². The molecule has 0 radical (unpaired) electrons. The number of halogens is 3. The predicted octanol–water partition coefficient (Wildman–Crippen LogP) is 4.91. The average molecular weight is 501 g/mol. The first-order chi connectivity index (χ1) is 12.7. The smallest absolute Gasteiger partial charge is 0.338 e. The molecular formula is C18H16Br2FN3O3. The van der Waals surface area contributed by atoms with E-state index in [1.54, 1.807) is 18.2 Å². The van der Waals surface area contributed by atoms with Gasteiger partial charge in [0.2, 0.25) is 12.1 Å². The van der Waals surface area contributed by atoms with Crippen LogP contribution in [-0.4, -0.2) is 41.3 Å². The van der Waals surface area contributed by atoms with Gasteiger partial charge in [-0.15, -0.1) is 0 Å². The maximum absolute atomic E-state index is 13.5. The van der Waals surface area contributed by atoms with Gasteiger partial charge in [0.05, 0.1) is 20.0 Å². The Balaban J connectivity index is 1.86. The van der Waals surface area contributed by atoms with Crippen molar-refractivity contribution in [2.24, 2.45) is 0 Å². The van der Waals surface area contributed by atoms with E-state index in [4.69, 9.17) is 9.84 Å².